The molecule has 4 rings (SSSR count). The van der Waals surface area contributed by atoms with E-state index in [1.807, 2.05) is 30.3 Å². The Hall–Kier alpha value is -1.95. The number of hydrogen-bond donors (Lipinski definition) is 1. The van der Waals surface area contributed by atoms with Gasteiger partial charge in [0.05, 0.1) is 11.0 Å². The minimum atomic E-state index is 0. The van der Waals surface area contributed by atoms with Crippen LogP contribution in [0.1, 0.15) is 5.82 Å². The van der Waals surface area contributed by atoms with Crippen LogP contribution in [0.25, 0.3) is 16.7 Å². The normalized spacial score (nSPS) is 12.4. The van der Waals surface area contributed by atoms with Crippen molar-refractivity contribution in [2.45, 2.75) is 6.42 Å². The van der Waals surface area contributed by atoms with Gasteiger partial charge in [-0.2, -0.15) is 0 Å². The van der Waals surface area contributed by atoms with Gasteiger partial charge in [-0.3, -0.25) is 4.57 Å². The Labute approximate surface area is 152 Å². The standard InChI is InChI=1S/C17H17N3O2.2ClH/c18-7-6-17-19-13-10-15-16(22-9-8-21-15)11-14(13)20(17)12-4-2-1-3-5-12;;/h1-5,10-11H,6-9,18H2;2*1H. The second-order valence-electron chi connectivity index (χ2n) is 5.22. The van der Waals surface area contributed by atoms with Crippen molar-refractivity contribution in [3.05, 3.63) is 48.3 Å². The molecule has 0 aliphatic carbocycles. The average molecular weight is 368 g/mol. The Balaban J connectivity index is 0.00000104. The van der Waals surface area contributed by atoms with Gasteiger partial charge in [-0.25, -0.2) is 4.98 Å². The summed E-state index contributed by atoms with van der Waals surface area (Å²) in [5.41, 5.74) is 8.74. The van der Waals surface area contributed by atoms with Crippen molar-refractivity contribution in [3.63, 3.8) is 0 Å². The van der Waals surface area contributed by atoms with Gasteiger partial charge in [0.2, 0.25) is 0 Å². The van der Waals surface area contributed by atoms with E-state index in [1.54, 1.807) is 0 Å². The largest absolute Gasteiger partial charge is 0.486 e. The highest BCUT2D eigenvalue weighted by Crippen LogP contribution is 2.35. The van der Waals surface area contributed by atoms with Crippen molar-refractivity contribution in [2.24, 2.45) is 5.73 Å². The van der Waals surface area contributed by atoms with Gasteiger partial charge in [0.25, 0.3) is 0 Å². The number of imidazole rings is 1. The molecule has 1 aliphatic heterocycles. The van der Waals surface area contributed by atoms with Crippen molar-refractivity contribution < 1.29 is 9.47 Å². The number of hydrogen-bond acceptors (Lipinski definition) is 4. The number of rotatable bonds is 3. The first-order valence-electron chi connectivity index (χ1n) is 7.43. The fourth-order valence-corrected chi connectivity index (χ4v) is 2.83. The molecule has 0 atom stereocenters. The van der Waals surface area contributed by atoms with Crippen molar-refractivity contribution in [1.82, 2.24) is 9.55 Å². The molecule has 2 heterocycles. The number of para-hydroxylation sites is 1. The first-order valence-corrected chi connectivity index (χ1v) is 7.43. The van der Waals surface area contributed by atoms with Crippen molar-refractivity contribution in [2.75, 3.05) is 19.8 Å². The summed E-state index contributed by atoms with van der Waals surface area (Å²) in [5, 5.41) is 0. The molecule has 0 spiro atoms. The molecule has 24 heavy (non-hydrogen) atoms. The summed E-state index contributed by atoms with van der Waals surface area (Å²) < 4.78 is 13.5. The maximum absolute atomic E-state index is 5.75. The zero-order chi connectivity index (χ0) is 14.9. The molecule has 0 saturated heterocycles. The number of benzene rings is 2. The smallest absolute Gasteiger partial charge is 0.163 e. The lowest BCUT2D eigenvalue weighted by atomic mass is 10.2. The average Bonchev–Trinajstić information content (AvgIpc) is 2.90. The summed E-state index contributed by atoms with van der Waals surface area (Å²) in [6, 6.07) is 14.1. The second kappa shape index (κ2) is 7.75. The lowest BCUT2D eigenvalue weighted by molar-refractivity contribution is 0.172. The zero-order valence-electron chi connectivity index (χ0n) is 13.0. The quantitative estimate of drug-likeness (QED) is 0.772. The summed E-state index contributed by atoms with van der Waals surface area (Å²) in [5.74, 6) is 2.48. The Kier molecular flexibility index (Phi) is 5.94. The van der Waals surface area contributed by atoms with Gasteiger partial charge in [-0.15, -0.1) is 24.8 Å². The summed E-state index contributed by atoms with van der Waals surface area (Å²) in [6.45, 7) is 1.71. The van der Waals surface area contributed by atoms with Crippen LogP contribution in [0.5, 0.6) is 11.5 Å². The summed E-state index contributed by atoms with van der Waals surface area (Å²) >= 11 is 0. The number of ether oxygens (including phenoxy) is 2. The first-order chi connectivity index (χ1) is 10.9. The van der Waals surface area contributed by atoms with Gasteiger partial charge in [-0.1, -0.05) is 18.2 Å². The molecule has 128 valence electrons. The number of aromatic nitrogens is 2. The van der Waals surface area contributed by atoms with Gasteiger partial charge in [0, 0.05) is 24.2 Å². The van der Waals surface area contributed by atoms with Crippen LogP contribution < -0.4 is 15.2 Å². The van der Waals surface area contributed by atoms with E-state index in [4.69, 9.17) is 20.2 Å². The Morgan fingerprint density at radius 1 is 1.00 bits per heavy atom. The highest BCUT2D eigenvalue weighted by atomic mass is 35.5. The number of fused-ring (bicyclic) bond motifs is 2. The molecule has 2 aromatic carbocycles. The van der Waals surface area contributed by atoms with E-state index < -0.39 is 0 Å². The third kappa shape index (κ3) is 3.15. The van der Waals surface area contributed by atoms with Crippen LogP contribution in [-0.4, -0.2) is 29.3 Å². The predicted molar refractivity (Wildman–Crippen MR) is 99.3 cm³/mol. The van der Waals surface area contributed by atoms with Crippen molar-refractivity contribution in [3.8, 4) is 17.2 Å². The van der Waals surface area contributed by atoms with Crippen molar-refractivity contribution in [1.29, 1.82) is 0 Å². The highest BCUT2D eigenvalue weighted by Gasteiger charge is 2.18. The zero-order valence-corrected chi connectivity index (χ0v) is 14.6. The summed E-state index contributed by atoms with van der Waals surface area (Å²) in [4.78, 5) is 4.73. The third-order valence-electron chi connectivity index (χ3n) is 3.77. The van der Waals surface area contributed by atoms with E-state index in [1.165, 1.54) is 0 Å². The molecule has 0 saturated carbocycles. The maximum atomic E-state index is 5.75. The summed E-state index contributed by atoms with van der Waals surface area (Å²) in [6.07, 6.45) is 0.718. The van der Waals surface area contributed by atoms with Gasteiger partial charge >= 0.3 is 0 Å². The van der Waals surface area contributed by atoms with Crippen LogP contribution in [0.15, 0.2) is 42.5 Å². The molecule has 0 unspecified atom stereocenters. The molecule has 0 fully saturated rings. The predicted octanol–water partition coefficient (Wildman–Crippen LogP) is 3.14. The lowest BCUT2D eigenvalue weighted by Gasteiger charge is -2.18. The van der Waals surface area contributed by atoms with Crippen LogP contribution in [-0.2, 0) is 6.42 Å². The molecule has 2 N–H and O–H groups in total. The fraction of sp³-hybridized carbons (Fsp3) is 0.235. The maximum Gasteiger partial charge on any atom is 0.163 e. The topological polar surface area (TPSA) is 62.3 Å². The minimum Gasteiger partial charge on any atom is -0.486 e. The molecule has 7 heteroatoms. The van der Waals surface area contributed by atoms with E-state index in [9.17, 15) is 0 Å². The van der Waals surface area contributed by atoms with Crippen LogP contribution in [0, 0.1) is 0 Å². The van der Waals surface area contributed by atoms with Crippen LogP contribution >= 0.6 is 24.8 Å². The van der Waals surface area contributed by atoms with E-state index in [-0.39, 0.29) is 24.8 Å². The number of halogens is 2. The van der Waals surface area contributed by atoms with Gasteiger partial charge < -0.3 is 15.2 Å². The molecule has 1 aliphatic rings. The van der Waals surface area contributed by atoms with E-state index >= 15 is 0 Å². The van der Waals surface area contributed by atoms with Crippen molar-refractivity contribution >= 4 is 35.8 Å². The Bertz CT molecular complexity index is 822. The summed E-state index contributed by atoms with van der Waals surface area (Å²) in [7, 11) is 0. The second-order valence-corrected chi connectivity index (χ2v) is 5.22. The monoisotopic (exact) mass is 367 g/mol. The molecule has 0 radical (unpaired) electrons. The molecule has 3 aromatic rings. The van der Waals surface area contributed by atoms with E-state index in [0.29, 0.717) is 19.8 Å². The van der Waals surface area contributed by atoms with Crippen LogP contribution in [0.2, 0.25) is 0 Å². The fourth-order valence-electron chi connectivity index (χ4n) is 2.83. The Morgan fingerprint density at radius 2 is 1.67 bits per heavy atom. The van der Waals surface area contributed by atoms with Crippen LogP contribution in [0.4, 0.5) is 0 Å². The molecular weight excluding hydrogens is 349 g/mol. The van der Waals surface area contributed by atoms with Crippen LogP contribution in [0.3, 0.4) is 0 Å². The van der Waals surface area contributed by atoms with Gasteiger partial charge in [0.1, 0.15) is 19.0 Å². The molecule has 0 amide bonds. The molecule has 0 bridgehead atoms. The number of nitrogens with zero attached hydrogens (tertiary/aromatic N) is 2. The highest BCUT2D eigenvalue weighted by molar-refractivity contribution is 5.85. The SMILES string of the molecule is Cl.Cl.NCCc1nc2cc3c(cc2n1-c1ccccc1)OCCO3. The van der Waals surface area contributed by atoms with Gasteiger partial charge in [-0.05, 0) is 18.7 Å². The molecule has 5 nitrogen and oxygen atoms in total. The molecule has 1 aromatic heterocycles. The molecular formula is C17H19Cl2N3O2. The van der Waals surface area contributed by atoms with Gasteiger partial charge in [0.15, 0.2) is 11.5 Å². The third-order valence-corrected chi connectivity index (χ3v) is 3.77. The first kappa shape index (κ1) is 18.4. The lowest BCUT2D eigenvalue weighted by Crippen LogP contribution is -2.15. The van der Waals surface area contributed by atoms with E-state index in [0.717, 1.165) is 40.5 Å². The Morgan fingerprint density at radius 3 is 2.33 bits per heavy atom. The number of nitrogens with two attached hydrogens (primary N) is 1. The van der Waals surface area contributed by atoms with E-state index in [2.05, 4.69) is 16.7 Å². The minimum absolute atomic E-state index is 0.